The van der Waals surface area contributed by atoms with E-state index in [2.05, 4.69) is 0 Å². The molecule has 1 unspecified atom stereocenters. The number of carbonyl (C=O) groups excluding carboxylic acids is 1. The van der Waals surface area contributed by atoms with Crippen LogP contribution in [0, 0.1) is 0 Å². The lowest BCUT2D eigenvalue weighted by molar-refractivity contribution is -0.125. The number of halogens is 1. The molecule has 0 aliphatic carbocycles. The van der Waals surface area contributed by atoms with E-state index in [1.54, 1.807) is 18.9 Å². The lowest BCUT2D eigenvalue weighted by Gasteiger charge is -2.30. The zero-order chi connectivity index (χ0) is 11.0. The maximum absolute atomic E-state index is 11.7. The van der Waals surface area contributed by atoms with Crippen molar-refractivity contribution >= 4 is 23.2 Å². The molecule has 0 radical (unpaired) electrons. The van der Waals surface area contributed by atoms with Crippen LogP contribution in [0.25, 0.3) is 0 Å². The highest BCUT2D eigenvalue weighted by molar-refractivity contribution is 6.17. The predicted molar refractivity (Wildman–Crippen MR) is 59.5 cm³/mol. The maximum atomic E-state index is 11.7. The zero-order valence-corrected chi connectivity index (χ0v) is 9.41. The molecule has 2 rings (SSSR count). The van der Waals surface area contributed by atoms with Gasteiger partial charge in [-0.3, -0.25) is 4.79 Å². The minimum absolute atomic E-state index is 0.0331. The number of hydrogen-bond donors (Lipinski definition) is 0. The first-order valence-electron chi connectivity index (χ1n) is 4.76. The molecule has 0 fully saturated rings. The monoisotopic (exact) mass is 225 g/mol. The van der Waals surface area contributed by atoms with E-state index >= 15 is 0 Å². The second-order valence-electron chi connectivity index (χ2n) is 3.59. The molecule has 0 bridgehead atoms. The van der Waals surface area contributed by atoms with E-state index in [1.807, 2.05) is 18.2 Å². The van der Waals surface area contributed by atoms with Gasteiger partial charge >= 0.3 is 0 Å². The molecule has 15 heavy (non-hydrogen) atoms. The number of amides is 1. The Labute approximate surface area is 93.6 Å². The van der Waals surface area contributed by atoms with Crippen molar-refractivity contribution in [2.75, 3.05) is 11.9 Å². The van der Waals surface area contributed by atoms with Crippen LogP contribution in [0.5, 0.6) is 5.75 Å². The molecule has 1 aliphatic heterocycles. The van der Waals surface area contributed by atoms with E-state index in [-0.39, 0.29) is 5.91 Å². The molecule has 1 aromatic rings. The number of fused-ring (bicyclic) bond motifs is 1. The van der Waals surface area contributed by atoms with Crippen molar-refractivity contribution in [2.45, 2.75) is 18.9 Å². The number of likely N-dealkylation sites (N-methyl/N-ethyl adjacent to an activating group) is 1. The predicted octanol–water partition coefficient (Wildman–Crippen LogP) is 2.17. The molecule has 0 spiro atoms. The first-order valence-corrected chi connectivity index (χ1v) is 5.30. The molecule has 1 atom stereocenters. The molecule has 0 saturated carbocycles. The summed E-state index contributed by atoms with van der Waals surface area (Å²) in [5.74, 6) is 1.14. The molecule has 0 saturated heterocycles. The fourth-order valence-electron chi connectivity index (χ4n) is 1.64. The number of anilines is 1. The third kappa shape index (κ3) is 1.67. The van der Waals surface area contributed by atoms with Gasteiger partial charge in [-0.15, -0.1) is 11.6 Å². The van der Waals surface area contributed by atoms with Crippen LogP contribution in [-0.2, 0) is 10.7 Å². The fourth-order valence-corrected chi connectivity index (χ4v) is 1.81. The lowest BCUT2D eigenvalue weighted by Crippen LogP contribution is -2.41. The van der Waals surface area contributed by atoms with Gasteiger partial charge in [0.15, 0.2) is 6.10 Å². The van der Waals surface area contributed by atoms with E-state index in [0.717, 1.165) is 17.0 Å². The summed E-state index contributed by atoms with van der Waals surface area (Å²) in [4.78, 5) is 13.3. The molecule has 3 nitrogen and oxygen atoms in total. The summed E-state index contributed by atoms with van der Waals surface area (Å²) < 4.78 is 5.48. The third-order valence-electron chi connectivity index (χ3n) is 2.52. The molecule has 0 aromatic heterocycles. The molecule has 0 N–H and O–H groups in total. The summed E-state index contributed by atoms with van der Waals surface area (Å²) in [5.41, 5.74) is 1.77. The van der Waals surface area contributed by atoms with Gasteiger partial charge in [0.25, 0.3) is 5.91 Å². The van der Waals surface area contributed by atoms with E-state index in [0.29, 0.717) is 5.88 Å². The summed E-state index contributed by atoms with van der Waals surface area (Å²) in [6, 6.07) is 5.64. The van der Waals surface area contributed by atoms with Crippen LogP contribution in [0.3, 0.4) is 0 Å². The number of ether oxygens (including phenoxy) is 1. The average molecular weight is 226 g/mol. The lowest BCUT2D eigenvalue weighted by atomic mass is 10.1. The molecule has 4 heteroatoms. The molecule has 1 aliphatic rings. The van der Waals surface area contributed by atoms with Crippen LogP contribution in [0.1, 0.15) is 12.5 Å². The van der Waals surface area contributed by atoms with Crippen molar-refractivity contribution in [3.8, 4) is 5.75 Å². The van der Waals surface area contributed by atoms with Crippen LogP contribution in [0.4, 0.5) is 5.69 Å². The average Bonchev–Trinajstić information content (AvgIpc) is 2.26. The van der Waals surface area contributed by atoms with Crippen molar-refractivity contribution in [1.29, 1.82) is 0 Å². The number of benzene rings is 1. The van der Waals surface area contributed by atoms with Gasteiger partial charge in [-0.25, -0.2) is 0 Å². The van der Waals surface area contributed by atoms with Crippen molar-refractivity contribution < 1.29 is 9.53 Å². The van der Waals surface area contributed by atoms with E-state index in [4.69, 9.17) is 16.3 Å². The number of hydrogen-bond acceptors (Lipinski definition) is 2. The number of carbonyl (C=O) groups is 1. The largest absolute Gasteiger partial charge is 0.479 e. The Hall–Kier alpha value is -1.22. The van der Waals surface area contributed by atoms with Crippen LogP contribution in [0.15, 0.2) is 18.2 Å². The quantitative estimate of drug-likeness (QED) is 0.686. The Morgan fingerprint density at radius 3 is 2.93 bits per heavy atom. The zero-order valence-electron chi connectivity index (χ0n) is 8.66. The molecular weight excluding hydrogens is 214 g/mol. The Morgan fingerprint density at radius 2 is 2.27 bits per heavy atom. The Kier molecular flexibility index (Phi) is 2.57. The minimum atomic E-state index is -0.413. The summed E-state index contributed by atoms with van der Waals surface area (Å²) in [5, 5.41) is 0. The Morgan fingerprint density at radius 1 is 1.53 bits per heavy atom. The van der Waals surface area contributed by atoms with E-state index < -0.39 is 6.10 Å². The summed E-state index contributed by atoms with van der Waals surface area (Å²) in [7, 11) is 1.75. The minimum Gasteiger partial charge on any atom is -0.479 e. The van der Waals surface area contributed by atoms with E-state index in [1.165, 1.54) is 0 Å². The van der Waals surface area contributed by atoms with Crippen molar-refractivity contribution in [2.24, 2.45) is 0 Å². The summed E-state index contributed by atoms with van der Waals surface area (Å²) in [6.45, 7) is 1.75. The molecule has 1 aromatic carbocycles. The highest BCUT2D eigenvalue weighted by Crippen LogP contribution is 2.34. The van der Waals surface area contributed by atoms with Crippen LogP contribution in [0.2, 0.25) is 0 Å². The maximum Gasteiger partial charge on any atom is 0.267 e. The standard InChI is InChI=1S/C11H12ClNO2/c1-7-11(14)13(2)9-5-8(6-12)3-4-10(9)15-7/h3-5,7H,6H2,1-2H3. The van der Waals surface area contributed by atoms with Gasteiger partial charge in [0.2, 0.25) is 0 Å². The summed E-state index contributed by atoms with van der Waals surface area (Å²) >= 11 is 5.74. The van der Waals surface area contributed by atoms with Gasteiger partial charge in [0, 0.05) is 12.9 Å². The van der Waals surface area contributed by atoms with Gasteiger partial charge in [0.1, 0.15) is 5.75 Å². The number of nitrogens with zero attached hydrogens (tertiary/aromatic N) is 1. The highest BCUT2D eigenvalue weighted by Gasteiger charge is 2.28. The molecule has 80 valence electrons. The van der Waals surface area contributed by atoms with Crippen molar-refractivity contribution in [3.05, 3.63) is 23.8 Å². The van der Waals surface area contributed by atoms with Gasteiger partial charge in [-0.05, 0) is 24.6 Å². The number of rotatable bonds is 1. The van der Waals surface area contributed by atoms with Gasteiger partial charge in [-0.2, -0.15) is 0 Å². The molecule has 1 heterocycles. The first kappa shape index (κ1) is 10.3. The number of alkyl halides is 1. The molecular formula is C11H12ClNO2. The first-order chi connectivity index (χ1) is 7.13. The van der Waals surface area contributed by atoms with Gasteiger partial charge in [-0.1, -0.05) is 6.07 Å². The van der Waals surface area contributed by atoms with Gasteiger partial charge < -0.3 is 9.64 Å². The fraction of sp³-hybridized carbons (Fsp3) is 0.364. The normalized spacial score (nSPS) is 19.8. The summed E-state index contributed by atoms with van der Waals surface area (Å²) in [6.07, 6.45) is -0.413. The Balaban J connectivity index is 2.47. The van der Waals surface area contributed by atoms with Crippen LogP contribution < -0.4 is 9.64 Å². The topological polar surface area (TPSA) is 29.5 Å². The highest BCUT2D eigenvalue weighted by atomic mass is 35.5. The van der Waals surface area contributed by atoms with Crippen molar-refractivity contribution in [1.82, 2.24) is 0 Å². The van der Waals surface area contributed by atoms with Crippen LogP contribution in [-0.4, -0.2) is 19.1 Å². The SMILES string of the molecule is CC1Oc2ccc(CCl)cc2N(C)C1=O. The second kappa shape index (κ2) is 3.74. The Bertz CT molecular complexity index is 406. The third-order valence-corrected chi connectivity index (χ3v) is 2.83. The van der Waals surface area contributed by atoms with Crippen molar-refractivity contribution in [3.63, 3.8) is 0 Å². The second-order valence-corrected chi connectivity index (χ2v) is 3.86. The van der Waals surface area contributed by atoms with Gasteiger partial charge in [0.05, 0.1) is 5.69 Å². The molecule has 1 amide bonds. The van der Waals surface area contributed by atoms with E-state index in [9.17, 15) is 4.79 Å². The smallest absolute Gasteiger partial charge is 0.267 e. The van der Waals surface area contributed by atoms with Crippen LogP contribution >= 0.6 is 11.6 Å².